The van der Waals surface area contributed by atoms with Gasteiger partial charge >= 0.3 is 18.2 Å². The van der Waals surface area contributed by atoms with Crippen LogP contribution in [0.25, 0.3) is 0 Å². The molecule has 2 saturated heterocycles. The summed E-state index contributed by atoms with van der Waals surface area (Å²) in [6, 6.07) is -0.308. The van der Waals surface area contributed by atoms with E-state index in [1.807, 2.05) is 0 Å². The lowest BCUT2D eigenvalue weighted by Gasteiger charge is -2.42. The van der Waals surface area contributed by atoms with E-state index in [1.54, 1.807) is 32.6 Å². The predicted octanol–water partition coefficient (Wildman–Crippen LogP) is 2.46. The molecule has 1 N–H and O–H groups in total. The smallest absolute Gasteiger partial charge is 0.411 e. The number of carboxylic acid groups (broad SMARTS) is 1. The number of nitrogens with zero attached hydrogens (tertiary/aromatic N) is 2. The van der Waals surface area contributed by atoms with E-state index in [0.717, 1.165) is 12.8 Å². The highest BCUT2D eigenvalue weighted by Crippen LogP contribution is 2.38. The maximum atomic E-state index is 12.5. The van der Waals surface area contributed by atoms with E-state index in [2.05, 4.69) is 0 Å². The SMILES string of the molecule is CCOC(=O)N1C2CCC1CC(N(CC(=O)O)C(=O)OC(C)(C)C)C2. The average molecular weight is 356 g/mol. The molecule has 0 aromatic carbocycles. The summed E-state index contributed by atoms with van der Waals surface area (Å²) >= 11 is 0. The first kappa shape index (κ1) is 19.3. The molecule has 142 valence electrons. The van der Waals surface area contributed by atoms with Crippen LogP contribution in [0.1, 0.15) is 53.4 Å². The third-order valence-corrected chi connectivity index (χ3v) is 4.56. The predicted molar refractivity (Wildman–Crippen MR) is 89.3 cm³/mol. The van der Waals surface area contributed by atoms with Gasteiger partial charge in [0.2, 0.25) is 0 Å². The number of piperidine rings is 1. The van der Waals surface area contributed by atoms with Crippen molar-refractivity contribution in [3.05, 3.63) is 0 Å². The molecule has 0 aromatic heterocycles. The molecule has 0 saturated carbocycles. The minimum Gasteiger partial charge on any atom is -0.480 e. The van der Waals surface area contributed by atoms with Crippen molar-refractivity contribution in [1.82, 2.24) is 9.80 Å². The maximum Gasteiger partial charge on any atom is 0.411 e. The van der Waals surface area contributed by atoms with Crippen LogP contribution >= 0.6 is 0 Å². The van der Waals surface area contributed by atoms with E-state index in [9.17, 15) is 19.5 Å². The molecule has 25 heavy (non-hydrogen) atoms. The van der Waals surface area contributed by atoms with Gasteiger partial charge in [0.1, 0.15) is 12.1 Å². The Balaban J connectivity index is 2.11. The van der Waals surface area contributed by atoms with Crippen LogP contribution in [0.2, 0.25) is 0 Å². The molecule has 0 spiro atoms. The van der Waals surface area contributed by atoms with Gasteiger partial charge in [0.15, 0.2) is 0 Å². The average Bonchev–Trinajstić information content (AvgIpc) is 2.73. The lowest BCUT2D eigenvalue weighted by atomic mass is 9.96. The summed E-state index contributed by atoms with van der Waals surface area (Å²) in [5.41, 5.74) is -0.696. The number of carbonyl (C=O) groups is 3. The fourth-order valence-corrected chi connectivity index (χ4v) is 3.71. The van der Waals surface area contributed by atoms with Crippen LogP contribution in [0.15, 0.2) is 0 Å². The van der Waals surface area contributed by atoms with Crippen LogP contribution in [0.3, 0.4) is 0 Å². The number of hydrogen-bond acceptors (Lipinski definition) is 5. The van der Waals surface area contributed by atoms with E-state index in [-0.39, 0.29) is 24.2 Å². The maximum absolute atomic E-state index is 12.5. The second kappa shape index (κ2) is 7.49. The summed E-state index contributed by atoms with van der Waals surface area (Å²) in [7, 11) is 0. The highest BCUT2D eigenvalue weighted by Gasteiger charge is 2.47. The summed E-state index contributed by atoms with van der Waals surface area (Å²) in [4.78, 5) is 38.9. The van der Waals surface area contributed by atoms with Crippen LogP contribution in [0, 0.1) is 0 Å². The first-order chi connectivity index (χ1) is 11.6. The van der Waals surface area contributed by atoms with Crippen LogP contribution in [0.5, 0.6) is 0 Å². The largest absolute Gasteiger partial charge is 0.480 e. The summed E-state index contributed by atoms with van der Waals surface area (Å²) in [5.74, 6) is -1.08. The van der Waals surface area contributed by atoms with E-state index in [4.69, 9.17) is 9.47 Å². The van der Waals surface area contributed by atoms with E-state index in [0.29, 0.717) is 19.4 Å². The Labute approximate surface area is 148 Å². The van der Waals surface area contributed by atoms with Gasteiger partial charge in [-0.05, 0) is 53.4 Å². The molecule has 2 atom stereocenters. The fraction of sp³-hybridized carbons (Fsp3) is 0.824. The van der Waals surface area contributed by atoms with Crippen molar-refractivity contribution >= 4 is 18.2 Å². The zero-order valence-corrected chi connectivity index (χ0v) is 15.4. The second-order valence-electron chi connectivity index (χ2n) is 7.62. The molecule has 2 amide bonds. The van der Waals surface area contributed by atoms with Gasteiger partial charge in [-0.25, -0.2) is 9.59 Å². The highest BCUT2D eigenvalue weighted by atomic mass is 16.6. The third kappa shape index (κ3) is 4.76. The molecule has 0 aliphatic carbocycles. The molecule has 2 unspecified atom stereocenters. The number of fused-ring (bicyclic) bond motifs is 2. The van der Waals surface area contributed by atoms with Gasteiger partial charge < -0.3 is 19.5 Å². The van der Waals surface area contributed by atoms with Gasteiger partial charge in [-0.1, -0.05) is 0 Å². The molecule has 2 bridgehead atoms. The van der Waals surface area contributed by atoms with Gasteiger partial charge in [-0.15, -0.1) is 0 Å². The molecule has 2 aliphatic rings. The Morgan fingerprint density at radius 1 is 1.16 bits per heavy atom. The Hall–Kier alpha value is -1.99. The number of amides is 2. The van der Waals surface area contributed by atoms with Crippen molar-refractivity contribution in [2.45, 2.75) is 77.1 Å². The minimum absolute atomic E-state index is 0.0264. The molecule has 2 rings (SSSR count). The van der Waals surface area contributed by atoms with Crippen molar-refractivity contribution in [2.24, 2.45) is 0 Å². The van der Waals surface area contributed by atoms with Crippen LogP contribution in [-0.2, 0) is 14.3 Å². The van der Waals surface area contributed by atoms with Crippen molar-refractivity contribution in [2.75, 3.05) is 13.2 Å². The third-order valence-electron chi connectivity index (χ3n) is 4.56. The number of hydrogen-bond donors (Lipinski definition) is 1. The highest BCUT2D eigenvalue weighted by molar-refractivity contribution is 5.77. The minimum atomic E-state index is -1.08. The molecule has 2 aliphatic heterocycles. The first-order valence-electron chi connectivity index (χ1n) is 8.79. The number of carboxylic acids is 1. The van der Waals surface area contributed by atoms with Crippen molar-refractivity contribution in [3.63, 3.8) is 0 Å². The van der Waals surface area contributed by atoms with E-state index >= 15 is 0 Å². The molecule has 8 nitrogen and oxygen atoms in total. The molecule has 0 aromatic rings. The van der Waals surface area contributed by atoms with E-state index < -0.39 is 24.2 Å². The number of ether oxygens (including phenoxy) is 2. The monoisotopic (exact) mass is 356 g/mol. The standard InChI is InChI=1S/C17H28N2O6/c1-5-24-16(23)19-11-6-7-12(19)9-13(8-11)18(10-14(20)21)15(22)25-17(2,3)4/h11-13H,5-10H2,1-4H3,(H,20,21). The fourth-order valence-electron chi connectivity index (χ4n) is 3.71. The zero-order chi connectivity index (χ0) is 18.8. The van der Waals surface area contributed by atoms with Crippen LogP contribution in [-0.4, -0.2) is 69.9 Å². The van der Waals surface area contributed by atoms with E-state index in [1.165, 1.54) is 4.90 Å². The van der Waals surface area contributed by atoms with Crippen LogP contribution < -0.4 is 0 Å². The summed E-state index contributed by atoms with van der Waals surface area (Å²) < 4.78 is 10.5. The molecular formula is C17H28N2O6. The van der Waals surface area contributed by atoms with Crippen LogP contribution in [0.4, 0.5) is 9.59 Å². The van der Waals surface area contributed by atoms with Gasteiger partial charge in [0, 0.05) is 18.1 Å². The van der Waals surface area contributed by atoms with Gasteiger partial charge in [0.25, 0.3) is 0 Å². The molecule has 2 fully saturated rings. The van der Waals surface area contributed by atoms with Gasteiger partial charge in [0.05, 0.1) is 6.61 Å². The van der Waals surface area contributed by atoms with Gasteiger partial charge in [-0.3, -0.25) is 9.69 Å². The van der Waals surface area contributed by atoms with Gasteiger partial charge in [-0.2, -0.15) is 0 Å². The molecule has 8 heteroatoms. The summed E-state index contributed by atoms with van der Waals surface area (Å²) in [6.45, 7) is 6.92. The molecular weight excluding hydrogens is 328 g/mol. The molecule has 2 heterocycles. The summed E-state index contributed by atoms with van der Waals surface area (Å²) in [5, 5.41) is 9.19. The summed E-state index contributed by atoms with van der Waals surface area (Å²) in [6.07, 6.45) is 1.83. The van der Waals surface area contributed by atoms with Crippen molar-refractivity contribution < 1.29 is 29.0 Å². The topological polar surface area (TPSA) is 96.4 Å². The zero-order valence-electron chi connectivity index (χ0n) is 15.4. The Morgan fingerprint density at radius 2 is 1.72 bits per heavy atom. The first-order valence-corrected chi connectivity index (χ1v) is 8.79. The Morgan fingerprint density at radius 3 is 2.16 bits per heavy atom. The van der Waals surface area contributed by atoms with Crippen molar-refractivity contribution in [1.29, 1.82) is 0 Å². The lowest BCUT2D eigenvalue weighted by Crippen LogP contribution is -2.55. The lowest BCUT2D eigenvalue weighted by molar-refractivity contribution is -0.139. The number of aliphatic carboxylic acids is 1. The number of rotatable bonds is 4. The quantitative estimate of drug-likeness (QED) is 0.831. The molecule has 0 radical (unpaired) electrons. The van der Waals surface area contributed by atoms with Crippen molar-refractivity contribution in [3.8, 4) is 0 Å². The Kier molecular flexibility index (Phi) is 5.80. The second-order valence-corrected chi connectivity index (χ2v) is 7.62. The number of carbonyl (C=O) groups excluding carboxylic acids is 2. The normalized spacial score (nSPS) is 25.4. The Bertz CT molecular complexity index is 516.